The van der Waals surface area contributed by atoms with Gasteiger partial charge >= 0.3 is 0 Å². The van der Waals surface area contributed by atoms with Gasteiger partial charge in [0.2, 0.25) is 11.9 Å². The van der Waals surface area contributed by atoms with E-state index < -0.39 is 0 Å². The second-order valence-electron chi connectivity index (χ2n) is 9.15. The summed E-state index contributed by atoms with van der Waals surface area (Å²) in [5.41, 5.74) is 4.27. The van der Waals surface area contributed by atoms with Crippen molar-refractivity contribution >= 4 is 23.5 Å². The van der Waals surface area contributed by atoms with E-state index in [0.717, 1.165) is 72.9 Å². The zero-order valence-corrected chi connectivity index (χ0v) is 19.4. The Bertz CT molecular complexity index is 1150. The number of anilines is 3. The van der Waals surface area contributed by atoms with Crippen LogP contribution in [0.5, 0.6) is 0 Å². The van der Waals surface area contributed by atoms with Crippen LogP contribution in [0.3, 0.4) is 0 Å². The summed E-state index contributed by atoms with van der Waals surface area (Å²) in [5, 5.41) is 18.1. The van der Waals surface area contributed by atoms with Crippen LogP contribution in [-0.4, -0.2) is 48.4 Å². The van der Waals surface area contributed by atoms with E-state index in [4.69, 9.17) is 9.97 Å². The van der Waals surface area contributed by atoms with Crippen molar-refractivity contribution in [2.24, 2.45) is 7.05 Å². The first-order chi connectivity index (χ1) is 16.0. The molecular weight excluding hydrogens is 418 g/mol. The van der Waals surface area contributed by atoms with E-state index in [2.05, 4.69) is 39.8 Å². The Balaban J connectivity index is 1.37. The quantitative estimate of drug-likeness (QED) is 0.507. The number of hydrogen-bond acceptors (Lipinski definition) is 7. The lowest BCUT2D eigenvalue weighted by Gasteiger charge is -2.25. The SMILES string of the molecule is CC(C)c1cc(Nc2nc(N3CCC[C@H]3C(=O)NCc3ccnn3C)nc3c2CCC3)n[nH]1. The molecule has 1 fully saturated rings. The number of carbonyl (C=O) groups is 1. The smallest absolute Gasteiger partial charge is 0.243 e. The van der Waals surface area contributed by atoms with Gasteiger partial charge < -0.3 is 15.5 Å². The van der Waals surface area contributed by atoms with Gasteiger partial charge in [-0.05, 0) is 44.1 Å². The van der Waals surface area contributed by atoms with E-state index in [0.29, 0.717) is 18.4 Å². The zero-order chi connectivity index (χ0) is 22.9. The van der Waals surface area contributed by atoms with Gasteiger partial charge in [-0.25, -0.2) is 4.98 Å². The number of fused-ring (bicyclic) bond motifs is 1. The molecule has 1 aliphatic carbocycles. The van der Waals surface area contributed by atoms with Crippen molar-refractivity contribution in [3.63, 3.8) is 0 Å². The number of aromatic amines is 1. The summed E-state index contributed by atoms with van der Waals surface area (Å²) >= 11 is 0. The minimum Gasteiger partial charge on any atom is -0.349 e. The highest BCUT2D eigenvalue weighted by atomic mass is 16.2. The van der Waals surface area contributed by atoms with Crippen LogP contribution in [0.4, 0.5) is 17.6 Å². The lowest BCUT2D eigenvalue weighted by Crippen LogP contribution is -2.44. The van der Waals surface area contributed by atoms with Crippen LogP contribution in [-0.2, 0) is 31.2 Å². The third-order valence-electron chi connectivity index (χ3n) is 6.57. The Morgan fingerprint density at radius 1 is 1.27 bits per heavy atom. The number of carbonyl (C=O) groups excluding carboxylic acids is 1. The first-order valence-corrected chi connectivity index (χ1v) is 11.7. The van der Waals surface area contributed by atoms with E-state index in [9.17, 15) is 4.79 Å². The van der Waals surface area contributed by atoms with Gasteiger partial charge in [0.1, 0.15) is 11.9 Å². The number of nitrogens with zero attached hydrogens (tertiary/aromatic N) is 6. The predicted octanol–water partition coefficient (Wildman–Crippen LogP) is 2.57. The Labute approximate surface area is 193 Å². The van der Waals surface area contributed by atoms with Crippen molar-refractivity contribution in [3.8, 4) is 0 Å². The molecule has 10 nitrogen and oxygen atoms in total. The maximum atomic E-state index is 13.0. The third-order valence-corrected chi connectivity index (χ3v) is 6.57. The Hall–Kier alpha value is -3.43. The maximum Gasteiger partial charge on any atom is 0.243 e. The van der Waals surface area contributed by atoms with Crippen molar-refractivity contribution in [1.82, 2.24) is 35.3 Å². The molecule has 0 spiro atoms. The Morgan fingerprint density at radius 2 is 2.15 bits per heavy atom. The molecule has 1 saturated heterocycles. The van der Waals surface area contributed by atoms with Crippen molar-refractivity contribution in [2.45, 2.75) is 64.5 Å². The molecule has 0 saturated carbocycles. The average molecular weight is 450 g/mol. The highest BCUT2D eigenvalue weighted by molar-refractivity contribution is 5.85. The molecule has 33 heavy (non-hydrogen) atoms. The summed E-state index contributed by atoms with van der Waals surface area (Å²) in [7, 11) is 1.87. The van der Waals surface area contributed by atoms with Gasteiger partial charge in [-0.2, -0.15) is 15.2 Å². The van der Waals surface area contributed by atoms with Crippen LogP contribution in [0.1, 0.15) is 61.7 Å². The molecule has 174 valence electrons. The van der Waals surface area contributed by atoms with Crippen molar-refractivity contribution in [1.29, 1.82) is 0 Å². The Morgan fingerprint density at radius 3 is 2.91 bits per heavy atom. The second kappa shape index (κ2) is 8.84. The number of aryl methyl sites for hydroxylation is 2. The predicted molar refractivity (Wildman–Crippen MR) is 125 cm³/mol. The molecule has 3 aromatic rings. The molecule has 2 aliphatic rings. The molecule has 3 aromatic heterocycles. The minimum absolute atomic E-state index is 0.00110. The molecule has 0 radical (unpaired) electrons. The van der Waals surface area contributed by atoms with Gasteiger partial charge in [-0.3, -0.25) is 14.6 Å². The van der Waals surface area contributed by atoms with Crippen molar-refractivity contribution in [3.05, 3.63) is 41.0 Å². The van der Waals surface area contributed by atoms with Gasteiger partial charge in [0.25, 0.3) is 0 Å². The minimum atomic E-state index is -0.275. The second-order valence-corrected chi connectivity index (χ2v) is 9.15. The lowest BCUT2D eigenvalue weighted by atomic mass is 10.1. The number of amides is 1. The molecule has 3 N–H and O–H groups in total. The first-order valence-electron chi connectivity index (χ1n) is 11.7. The van der Waals surface area contributed by atoms with E-state index in [1.54, 1.807) is 10.9 Å². The van der Waals surface area contributed by atoms with E-state index in [-0.39, 0.29) is 11.9 Å². The third kappa shape index (κ3) is 4.29. The molecule has 1 aliphatic heterocycles. The van der Waals surface area contributed by atoms with E-state index >= 15 is 0 Å². The van der Waals surface area contributed by atoms with Crippen LogP contribution in [0.2, 0.25) is 0 Å². The molecule has 0 bridgehead atoms. The molecule has 1 atom stereocenters. The van der Waals surface area contributed by atoms with Crippen LogP contribution in [0, 0.1) is 0 Å². The standard InChI is InChI=1S/C23H31N9O/c1-14(2)18-12-20(30-29-18)27-21-16-6-4-7-17(16)26-23(28-21)32-11-5-8-19(32)22(33)24-13-15-9-10-25-31(15)3/h9-10,12,14,19H,4-8,11,13H2,1-3H3,(H,24,33)(H2,26,27,28,29,30)/t19-/m0/s1. The lowest BCUT2D eigenvalue weighted by molar-refractivity contribution is -0.122. The summed E-state index contributed by atoms with van der Waals surface area (Å²) in [6, 6.07) is 3.66. The van der Waals surface area contributed by atoms with E-state index in [1.165, 1.54) is 0 Å². The van der Waals surface area contributed by atoms with Crippen LogP contribution < -0.4 is 15.5 Å². The molecule has 10 heteroatoms. The number of aromatic nitrogens is 6. The largest absolute Gasteiger partial charge is 0.349 e. The number of rotatable bonds is 7. The summed E-state index contributed by atoms with van der Waals surface area (Å²) in [6.07, 6.45) is 6.41. The maximum absolute atomic E-state index is 13.0. The molecule has 0 aromatic carbocycles. The molecule has 4 heterocycles. The summed E-state index contributed by atoms with van der Waals surface area (Å²) in [4.78, 5) is 24.9. The van der Waals surface area contributed by atoms with Crippen molar-refractivity contribution in [2.75, 3.05) is 16.8 Å². The fourth-order valence-corrected chi connectivity index (χ4v) is 4.62. The summed E-state index contributed by atoms with van der Waals surface area (Å²) < 4.78 is 1.77. The zero-order valence-electron chi connectivity index (χ0n) is 19.4. The normalized spacial score (nSPS) is 17.6. The fraction of sp³-hybridized carbons (Fsp3) is 0.522. The fourth-order valence-electron chi connectivity index (χ4n) is 4.62. The molecule has 1 amide bonds. The molecule has 0 unspecified atom stereocenters. The Kier molecular flexibility index (Phi) is 5.74. The van der Waals surface area contributed by atoms with Crippen LogP contribution >= 0.6 is 0 Å². The van der Waals surface area contributed by atoms with Gasteiger partial charge in [0.05, 0.1) is 17.9 Å². The van der Waals surface area contributed by atoms with Gasteiger partial charge in [-0.1, -0.05) is 13.8 Å². The molecular formula is C23H31N9O. The summed E-state index contributed by atoms with van der Waals surface area (Å²) in [5.74, 6) is 2.55. The number of hydrogen-bond donors (Lipinski definition) is 3. The summed E-state index contributed by atoms with van der Waals surface area (Å²) in [6.45, 7) is 5.48. The van der Waals surface area contributed by atoms with Crippen LogP contribution in [0.15, 0.2) is 18.3 Å². The highest BCUT2D eigenvalue weighted by Crippen LogP contribution is 2.32. The van der Waals surface area contributed by atoms with Gasteiger partial charge in [0, 0.05) is 37.1 Å². The molecule has 5 rings (SSSR count). The van der Waals surface area contributed by atoms with Crippen molar-refractivity contribution < 1.29 is 4.79 Å². The topological polar surface area (TPSA) is 117 Å². The number of nitrogens with one attached hydrogen (secondary N) is 3. The van der Waals surface area contributed by atoms with Gasteiger partial charge in [-0.15, -0.1) is 0 Å². The highest BCUT2D eigenvalue weighted by Gasteiger charge is 2.34. The first kappa shape index (κ1) is 21.4. The number of H-pyrrole nitrogens is 1. The van der Waals surface area contributed by atoms with E-state index in [1.807, 2.05) is 24.1 Å². The van der Waals surface area contributed by atoms with Gasteiger partial charge in [0.15, 0.2) is 5.82 Å². The monoisotopic (exact) mass is 449 g/mol. The average Bonchev–Trinajstić information content (AvgIpc) is 3.58. The van der Waals surface area contributed by atoms with Crippen LogP contribution in [0.25, 0.3) is 0 Å².